The first kappa shape index (κ1) is 13.5. The predicted octanol–water partition coefficient (Wildman–Crippen LogP) is 0.670. The summed E-state index contributed by atoms with van der Waals surface area (Å²) in [7, 11) is -3.57. The van der Waals surface area contributed by atoms with Gasteiger partial charge in [-0.25, -0.2) is 17.2 Å². The maximum absolute atomic E-state index is 13.3. The molecule has 0 spiro atoms. The molecule has 0 aliphatic rings. The van der Waals surface area contributed by atoms with Gasteiger partial charge in [0.25, 0.3) is 0 Å². The highest BCUT2D eigenvalue weighted by Gasteiger charge is 2.29. The summed E-state index contributed by atoms with van der Waals surface area (Å²) in [6.45, 7) is -0.879. The Hall–Kier alpha value is -1.54. The van der Waals surface area contributed by atoms with Crippen LogP contribution >= 0.6 is 0 Å². The number of halogens is 2. The van der Waals surface area contributed by atoms with Gasteiger partial charge in [0, 0.05) is 7.05 Å². The summed E-state index contributed by atoms with van der Waals surface area (Å²) >= 11 is 0. The average molecular weight is 265 g/mol. The number of nitrogens with zero attached hydrogens (tertiary/aromatic N) is 1. The largest absolute Gasteiger partial charge is 0.480 e. The summed E-state index contributed by atoms with van der Waals surface area (Å²) in [5, 5.41) is 8.44. The van der Waals surface area contributed by atoms with Crippen LogP contribution in [-0.2, 0) is 14.8 Å². The fraction of sp³-hybridized carbons (Fsp3) is 0.222. The lowest BCUT2D eigenvalue weighted by Gasteiger charge is -2.15. The maximum Gasteiger partial charge on any atom is 0.318 e. The number of carboxylic acid groups (broad SMARTS) is 1. The molecule has 0 unspecified atom stereocenters. The van der Waals surface area contributed by atoms with Crippen molar-refractivity contribution in [1.29, 1.82) is 0 Å². The van der Waals surface area contributed by atoms with Crippen LogP contribution in [0.15, 0.2) is 23.1 Å². The monoisotopic (exact) mass is 265 g/mol. The number of benzene rings is 1. The molecule has 1 rings (SSSR count). The molecule has 8 heteroatoms. The normalized spacial score (nSPS) is 11.8. The fourth-order valence-electron chi connectivity index (χ4n) is 1.16. The van der Waals surface area contributed by atoms with Crippen LogP contribution in [-0.4, -0.2) is 37.4 Å². The predicted molar refractivity (Wildman–Crippen MR) is 53.8 cm³/mol. The van der Waals surface area contributed by atoms with Crippen LogP contribution in [0.25, 0.3) is 0 Å². The van der Waals surface area contributed by atoms with Crippen molar-refractivity contribution in [2.75, 3.05) is 13.6 Å². The van der Waals surface area contributed by atoms with Gasteiger partial charge in [-0.3, -0.25) is 4.79 Å². The van der Waals surface area contributed by atoms with Gasteiger partial charge in [-0.15, -0.1) is 0 Å². The van der Waals surface area contributed by atoms with E-state index in [2.05, 4.69) is 0 Å². The molecule has 0 amide bonds. The Morgan fingerprint density at radius 2 is 1.82 bits per heavy atom. The van der Waals surface area contributed by atoms with Gasteiger partial charge in [0.1, 0.15) is 18.2 Å². The first-order valence-electron chi connectivity index (χ1n) is 4.39. The van der Waals surface area contributed by atoms with Crippen LogP contribution in [0, 0.1) is 11.6 Å². The molecular weight excluding hydrogens is 256 g/mol. The molecule has 0 aliphatic heterocycles. The van der Waals surface area contributed by atoms with Crippen molar-refractivity contribution < 1.29 is 27.1 Å². The smallest absolute Gasteiger partial charge is 0.318 e. The summed E-state index contributed by atoms with van der Waals surface area (Å²) in [5.41, 5.74) is 0. The topological polar surface area (TPSA) is 74.7 Å². The summed E-state index contributed by atoms with van der Waals surface area (Å²) in [6, 6.07) is 2.58. The highest BCUT2D eigenvalue weighted by atomic mass is 32.2. The van der Waals surface area contributed by atoms with E-state index < -0.39 is 39.1 Å². The second kappa shape index (κ2) is 4.76. The van der Waals surface area contributed by atoms with Gasteiger partial charge in [0.05, 0.1) is 0 Å². The van der Waals surface area contributed by atoms with E-state index in [9.17, 15) is 22.0 Å². The summed E-state index contributed by atoms with van der Waals surface area (Å²) < 4.78 is 50.2. The Morgan fingerprint density at radius 1 is 1.35 bits per heavy atom. The molecule has 17 heavy (non-hydrogen) atoms. The Labute approximate surface area is 96.3 Å². The van der Waals surface area contributed by atoms with E-state index in [0.717, 1.165) is 25.2 Å². The van der Waals surface area contributed by atoms with Crippen LogP contribution in [0.2, 0.25) is 0 Å². The zero-order valence-electron chi connectivity index (χ0n) is 8.72. The molecular formula is C9H9F2NO4S. The molecule has 0 heterocycles. The summed E-state index contributed by atoms with van der Waals surface area (Å²) in [4.78, 5) is 9.21. The molecule has 0 radical (unpaired) electrons. The molecule has 1 N–H and O–H groups in total. The van der Waals surface area contributed by atoms with Crippen LogP contribution in [0.4, 0.5) is 8.78 Å². The van der Waals surface area contributed by atoms with E-state index in [1.54, 1.807) is 0 Å². The van der Waals surface area contributed by atoms with E-state index in [-0.39, 0.29) is 0 Å². The minimum Gasteiger partial charge on any atom is -0.480 e. The van der Waals surface area contributed by atoms with Crippen LogP contribution in [0.3, 0.4) is 0 Å². The molecule has 0 aromatic heterocycles. The van der Waals surface area contributed by atoms with Gasteiger partial charge in [-0.2, -0.15) is 4.31 Å². The second-order valence-corrected chi connectivity index (χ2v) is 5.19. The molecule has 0 fully saturated rings. The highest BCUT2D eigenvalue weighted by molar-refractivity contribution is 7.89. The van der Waals surface area contributed by atoms with E-state index in [1.807, 2.05) is 0 Å². The van der Waals surface area contributed by atoms with Crippen molar-refractivity contribution in [3.05, 3.63) is 29.8 Å². The highest BCUT2D eigenvalue weighted by Crippen LogP contribution is 2.21. The SMILES string of the molecule is CN(CC(=O)O)S(=O)(=O)c1c(F)cccc1F. The first-order valence-corrected chi connectivity index (χ1v) is 5.83. The third kappa shape index (κ3) is 2.77. The fourth-order valence-corrected chi connectivity index (χ4v) is 2.38. The first-order chi connectivity index (χ1) is 7.76. The van der Waals surface area contributed by atoms with Gasteiger partial charge in [0.15, 0.2) is 4.90 Å². The van der Waals surface area contributed by atoms with Crippen molar-refractivity contribution in [2.45, 2.75) is 4.90 Å². The number of rotatable bonds is 4. The number of likely N-dealkylation sites (N-methyl/N-ethyl adjacent to an activating group) is 1. The number of sulfonamides is 1. The molecule has 0 atom stereocenters. The van der Waals surface area contributed by atoms with Crippen molar-refractivity contribution >= 4 is 16.0 Å². The van der Waals surface area contributed by atoms with E-state index >= 15 is 0 Å². The molecule has 1 aromatic carbocycles. The average Bonchev–Trinajstić information content (AvgIpc) is 2.15. The zero-order valence-corrected chi connectivity index (χ0v) is 9.54. The number of carboxylic acids is 1. The quantitative estimate of drug-likeness (QED) is 0.868. The van der Waals surface area contributed by atoms with Crippen molar-refractivity contribution in [1.82, 2.24) is 4.31 Å². The van der Waals surface area contributed by atoms with Gasteiger partial charge in [-0.05, 0) is 12.1 Å². The van der Waals surface area contributed by atoms with Gasteiger partial charge in [0.2, 0.25) is 10.0 Å². The maximum atomic E-state index is 13.3. The Balaban J connectivity index is 3.27. The minimum atomic E-state index is -4.49. The molecule has 5 nitrogen and oxygen atoms in total. The van der Waals surface area contributed by atoms with E-state index in [0.29, 0.717) is 4.31 Å². The number of hydrogen-bond acceptors (Lipinski definition) is 3. The third-order valence-corrected chi connectivity index (χ3v) is 3.80. The van der Waals surface area contributed by atoms with Crippen LogP contribution < -0.4 is 0 Å². The van der Waals surface area contributed by atoms with Crippen molar-refractivity contribution in [3.8, 4) is 0 Å². The molecule has 0 bridgehead atoms. The molecule has 1 aromatic rings. The minimum absolute atomic E-state index is 0.358. The van der Waals surface area contributed by atoms with Gasteiger partial charge in [-0.1, -0.05) is 6.07 Å². The van der Waals surface area contributed by atoms with Crippen LogP contribution in [0.1, 0.15) is 0 Å². The lowest BCUT2D eigenvalue weighted by molar-refractivity contribution is -0.137. The zero-order chi connectivity index (χ0) is 13.2. The summed E-state index contributed by atoms with van der Waals surface area (Å²) in [6.07, 6.45) is 0. The molecule has 0 saturated carbocycles. The summed E-state index contributed by atoms with van der Waals surface area (Å²) in [5.74, 6) is -3.95. The number of aliphatic carboxylic acids is 1. The Kier molecular flexibility index (Phi) is 3.79. The second-order valence-electron chi connectivity index (χ2n) is 3.21. The third-order valence-electron chi connectivity index (χ3n) is 1.95. The van der Waals surface area contributed by atoms with Crippen molar-refractivity contribution in [3.63, 3.8) is 0 Å². The van der Waals surface area contributed by atoms with Gasteiger partial charge < -0.3 is 5.11 Å². The Bertz CT molecular complexity index is 524. The van der Waals surface area contributed by atoms with Gasteiger partial charge >= 0.3 is 5.97 Å². The van der Waals surface area contributed by atoms with E-state index in [1.165, 1.54) is 0 Å². The molecule has 0 saturated heterocycles. The standard InChI is InChI=1S/C9H9F2NO4S/c1-12(5-8(13)14)17(15,16)9-6(10)3-2-4-7(9)11/h2-4H,5H2,1H3,(H,13,14). The number of carbonyl (C=O) groups is 1. The number of hydrogen-bond donors (Lipinski definition) is 1. The van der Waals surface area contributed by atoms with Crippen LogP contribution in [0.5, 0.6) is 0 Å². The lowest BCUT2D eigenvalue weighted by Crippen LogP contribution is -2.33. The Morgan fingerprint density at radius 3 is 2.24 bits per heavy atom. The molecule has 0 aliphatic carbocycles. The lowest BCUT2D eigenvalue weighted by atomic mass is 10.3. The van der Waals surface area contributed by atoms with Crippen molar-refractivity contribution in [2.24, 2.45) is 0 Å². The molecule has 94 valence electrons. The van der Waals surface area contributed by atoms with E-state index in [4.69, 9.17) is 5.11 Å².